The average Bonchev–Trinajstić information content (AvgIpc) is 2.73. The molecule has 1 aliphatic carbocycles. The Morgan fingerprint density at radius 1 is 1.39 bits per heavy atom. The largest absolute Gasteiger partial charge is 0.497 e. The van der Waals surface area contributed by atoms with Crippen LogP contribution in [0.5, 0.6) is 5.75 Å². The Hall–Kier alpha value is -1.99. The number of nitrogens with zero attached hydrogens (tertiary/aromatic N) is 1. The van der Waals surface area contributed by atoms with Crippen LogP contribution < -0.4 is 10.5 Å². The Morgan fingerprint density at radius 3 is 2.94 bits per heavy atom. The van der Waals surface area contributed by atoms with Crippen molar-refractivity contribution in [2.75, 3.05) is 12.8 Å². The minimum atomic E-state index is 0.626. The van der Waals surface area contributed by atoms with Crippen molar-refractivity contribution in [2.45, 2.75) is 12.8 Å². The molecule has 90 valence electrons. The van der Waals surface area contributed by atoms with E-state index in [1.54, 1.807) is 7.11 Å². The lowest BCUT2D eigenvalue weighted by atomic mass is 9.88. The molecular formula is C14H12N2OS. The second-order valence-electron chi connectivity index (χ2n) is 4.27. The van der Waals surface area contributed by atoms with E-state index in [1.165, 1.54) is 21.8 Å². The molecule has 2 aromatic rings. The maximum Gasteiger partial charge on any atom is 0.119 e. The van der Waals surface area contributed by atoms with Gasteiger partial charge in [-0.05, 0) is 36.1 Å². The summed E-state index contributed by atoms with van der Waals surface area (Å²) in [6, 6.07) is 8.24. The number of nitriles is 1. The van der Waals surface area contributed by atoms with Gasteiger partial charge < -0.3 is 10.5 Å². The van der Waals surface area contributed by atoms with Gasteiger partial charge in [0.25, 0.3) is 0 Å². The lowest BCUT2D eigenvalue weighted by Gasteiger charge is -2.17. The minimum Gasteiger partial charge on any atom is -0.497 e. The summed E-state index contributed by atoms with van der Waals surface area (Å²) < 4.78 is 5.24. The van der Waals surface area contributed by atoms with Gasteiger partial charge in [-0.1, -0.05) is 6.07 Å². The molecule has 0 aliphatic heterocycles. The van der Waals surface area contributed by atoms with E-state index in [0.717, 1.165) is 29.7 Å². The zero-order valence-electron chi connectivity index (χ0n) is 9.99. The normalized spacial score (nSPS) is 12.4. The number of benzene rings is 1. The van der Waals surface area contributed by atoms with Crippen LogP contribution in [-0.2, 0) is 12.8 Å². The Kier molecular flexibility index (Phi) is 2.49. The number of anilines is 1. The fourth-order valence-corrected chi connectivity index (χ4v) is 3.50. The average molecular weight is 256 g/mol. The van der Waals surface area contributed by atoms with E-state index in [0.29, 0.717) is 10.6 Å². The molecule has 0 bridgehead atoms. The molecule has 0 saturated heterocycles. The van der Waals surface area contributed by atoms with Crippen LogP contribution in [0.4, 0.5) is 5.00 Å². The van der Waals surface area contributed by atoms with Crippen molar-refractivity contribution in [1.29, 1.82) is 5.26 Å². The maximum absolute atomic E-state index is 9.24. The number of nitrogen functional groups attached to an aromatic ring is 1. The van der Waals surface area contributed by atoms with Gasteiger partial charge in [0.15, 0.2) is 0 Å². The van der Waals surface area contributed by atoms with E-state index >= 15 is 0 Å². The van der Waals surface area contributed by atoms with Gasteiger partial charge in [-0.2, -0.15) is 5.26 Å². The number of hydrogen-bond donors (Lipinski definition) is 1. The van der Waals surface area contributed by atoms with Crippen molar-refractivity contribution >= 4 is 16.3 Å². The molecule has 3 nitrogen and oxygen atoms in total. The molecule has 1 aliphatic rings. The summed E-state index contributed by atoms with van der Waals surface area (Å²) >= 11 is 1.54. The Bertz CT molecular complexity index is 667. The summed E-state index contributed by atoms with van der Waals surface area (Å²) in [5.74, 6) is 0.860. The Balaban J connectivity index is 2.25. The lowest BCUT2D eigenvalue weighted by molar-refractivity contribution is 0.414. The maximum atomic E-state index is 9.24. The summed E-state index contributed by atoms with van der Waals surface area (Å²) in [7, 11) is 1.67. The van der Waals surface area contributed by atoms with E-state index in [-0.39, 0.29) is 0 Å². The quantitative estimate of drug-likeness (QED) is 0.853. The van der Waals surface area contributed by atoms with Crippen LogP contribution in [0.2, 0.25) is 0 Å². The summed E-state index contributed by atoms with van der Waals surface area (Å²) in [5, 5.41) is 9.87. The summed E-state index contributed by atoms with van der Waals surface area (Å²) in [4.78, 5) is 1.22. The first kappa shape index (κ1) is 11.1. The molecule has 1 aromatic carbocycles. The van der Waals surface area contributed by atoms with Crippen molar-refractivity contribution in [3.8, 4) is 22.9 Å². The fourth-order valence-electron chi connectivity index (χ4n) is 2.47. The van der Waals surface area contributed by atoms with Gasteiger partial charge in [0.2, 0.25) is 0 Å². The number of nitrogens with two attached hydrogens (primary N) is 1. The Morgan fingerprint density at radius 2 is 2.22 bits per heavy atom. The second-order valence-corrected chi connectivity index (χ2v) is 5.41. The molecule has 0 saturated carbocycles. The van der Waals surface area contributed by atoms with E-state index in [2.05, 4.69) is 6.07 Å². The van der Waals surface area contributed by atoms with Crippen LogP contribution >= 0.6 is 11.3 Å². The number of fused-ring (bicyclic) bond motifs is 3. The lowest BCUT2D eigenvalue weighted by Crippen LogP contribution is -2.02. The predicted octanol–water partition coefficient (Wildman–Crippen LogP) is 2.98. The Labute approximate surface area is 109 Å². The standard InChI is InChI=1S/C14H12N2OS/c1-17-9-3-4-10-8(6-9)2-5-12-13(10)11(7-15)14(16)18-12/h3-4,6H,2,5,16H2,1H3. The number of methoxy groups -OCH3 is 1. The van der Waals surface area contributed by atoms with Gasteiger partial charge in [0.1, 0.15) is 16.8 Å². The van der Waals surface area contributed by atoms with Crippen LogP contribution in [0.3, 0.4) is 0 Å². The van der Waals surface area contributed by atoms with Gasteiger partial charge in [0, 0.05) is 10.4 Å². The van der Waals surface area contributed by atoms with E-state index in [9.17, 15) is 5.26 Å². The molecule has 0 radical (unpaired) electrons. The van der Waals surface area contributed by atoms with Crippen molar-refractivity contribution in [3.63, 3.8) is 0 Å². The van der Waals surface area contributed by atoms with Gasteiger partial charge >= 0.3 is 0 Å². The highest BCUT2D eigenvalue weighted by Gasteiger charge is 2.24. The summed E-state index contributed by atoms with van der Waals surface area (Å²) in [6.45, 7) is 0. The predicted molar refractivity (Wildman–Crippen MR) is 72.8 cm³/mol. The van der Waals surface area contributed by atoms with Crippen molar-refractivity contribution in [3.05, 3.63) is 34.2 Å². The monoisotopic (exact) mass is 256 g/mol. The topological polar surface area (TPSA) is 59.0 Å². The summed E-state index contributed by atoms with van der Waals surface area (Å²) in [6.07, 6.45) is 1.93. The van der Waals surface area contributed by atoms with E-state index < -0.39 is 0 Å². The third-order valence-electron chi connectivity index (χ3n) is 3.32. The number of hydrogen-bond acceptors (Lipinski definition) is 4. The molecule has 1 heterocycles. The van der Waals surface area contributed by atoms with Crippen LogP contribution in [0.1, 0.15) is 16.0 Å². The highest BCUT2D eigenvalue weighted by molar-refractivity contribution is 7.16. The third kappa shape index (κ3) is 1.48. The molecule has 0 fully saturated rings. The van der Waals surface area contributed by atoms with Gasteiger partial charge in [-0.25, -0.2) is 0 Å². The van der Waals surface area contributed by atoms with Gasteiger partial charge in [-0.15, -0.1) is 11.3 Å². The molecule has 1 aromatic heterocycles. The zero-order valence-corrected chi connectivity index (χ0v) is 10.8. The molecule has 0 atom stereocenters. The molecule has 0 unspecified atom stereocenters. The first-order valence-corrected chi connectivity index (χ1v) is 6.54. The number of ether oxygens (including phenoxy) is 1. The van der Waals surface area contributed by atoms with Crippen molar-refractivity contribution in [2.24, 2.45) is 0 Å². The molecule has 4 heteroatoms. The molecule has 18 heavy (non-hydrogen) atoms. The zero-order chi connectivity index (χ0) is 12.7. The smallest absolute Gasteiger partial charge is 0.119 e. The van der Waals surface area contributed by atoms with Gasteiger partial charge in [0.05, 0.1) is 12.7 Å². The highest BCUT2D eigenvalue weighted by Crippen LogP contribution is 2.44. The van der Waals surface area contributed by atoms with Crippen LogP contribution in [0, 0.1) is 11.3 Å². The van der Waals surface area contributed by atoms with E-state index in [1.807, 2.05) is 18.2 Å². The molecule has 2 N–H and O–H groups in total. The fraction of sp³-hybridized carbons (Fsp3) is 0.214. The minimum absolute atomic E-state index is 0.626. The molecule has 0 amide bonds. The first-order chi connectivity index (χ1) is 8.74. The van der Waals surface area contributed by atoms with Crippen LogP contribution in [0.15, 0.2) is 18.2 Å². The molecule has 0 spiro atoms. The molecule has 3 rings (SSSR count). The van der Waals surface area contributed by atoms with Crippen LogP contribution in [-0.4, -0.2) is 7.11 Å². The molecular weight excluding hydrogens is 244 g/mol. The van der Waals surface area contributed by atoms with Gasteiger partial charge in [-0.3, -0.25) is 0 Å². The third-order valence-corrected chi connectivity index (χ3v) is 4.40. The number of aryl methyl sites for hydroxylation is 2. The van der Waals surface area contributed by atoms with E-state index in [4.69, 9.17) is 10.5 Å². The highest BCUT2D eigenvalue weighted by atomic mass is 32.1. The van der Waals surface area contributed by atoms with Crippen LogP contribution in [0.25, 0.3) is 11.1 Å². The summed E-state index contributed by atoms with van der Waals surface area (Å²) in [5.41, 5.74) is 9.93. The first-order valence-electron chi connectivity index (χ1n) is 5.73. The SMILES string of the molecule is COc1ccc2c(c1)CCc1sc(N)c(C#N)c1-2. The van der Waals surface area contributed by atoms with Crippen molar-refractivity contribution in [1.82, 2.24) is 0 Å². The number of rotatable bonds is 1. The number of thiophene rings is 1. The second kappa shape index (κ2) is 4.04. The van der Waals surface area contributed by atoms with Crippen molar-refractivity contribution < 1.29 is 4.74 Å².